The van der Waals surface area contributed by atoms with Crippen LogP contribution < -0.4 is 10.2 Å². The Kier molecular flexibility index (Phi) is 3.37. The van der Waals surface area contributed by atoms with Gasteiger partial charge in [0.05, 0.1) is 12.6 Å². The van der Waals surface area contributed by atoms with E-state index in [2.05, 4.69) is 4.98 Å². The average molecular weight is 259 g/mol. The molecule has 1 heterocycles. The number of allylic oxidation sites excluding steroid dienone is 1. The Bertz CT molecular complexity index is 728. The lowest BCUT2D eigenvalue weighted by atomic mass is 10.1. The number of pyridine rings is 1. The number of aromatic amines is 1. The lowest BCUT2D eigenvalue weighted by Crippen LogP contribution is -2.10. The van der Waals surface area contributed by atoms with E-state index < -0.39 is 5.97 Å². The molecule has 2 aromatic rings. The third-order valence-electron chi connectivity index (χ3n) is 2.73. The third-order valence-corrected chi connectivity index (χ3v) is 2.73. The van der Waals surface area contributed by atoms with Gasteiger partial charge in [0.15, 0.2) is 5.43 Å². The Morgan fingerprint density at radius 1 is 1.37 bits per heavy atom. The quantitative estimate of drug-likeness (QED) is 0.886. The molecule has 0 aliphatic carbocycles. The van der Waals surface area contributed by atoms with Crippen LogP contribution in [-0.4, -0.2) is 23.2 Å². The average Bonchev–Trinajstić information content (AvgIpc) is 2.38. The molecule has 0 radical (unpaired) electrons. The monoisotopic (exact) mass is 259 g/mol. The minimum atomic E-state index is -1.18. The number of nitrogens with one attached hydrogen (secondary N) is 1. The number of ether oxygens (including phenoxy) is 1. The zero-order chi connectivity index (χ0) is 14.0. The minimum absolute atomic E-state index is 0.158. The van der Waals surface area contributed by atoms with Crippen LogP contribution in [0.1, 0.15) is 23.0 Å². The molecule has 5 heteroatoms. The molecule has 1 aromatic heterocycles. The number of H-pyrrole nitrogens is 1. The normalized spacial score (nSPS) is 11.1. The van der Waals surface area contributed by atoms with E-state index in [4.69, 9.17) is 9.84 Å². The van der Waals surface area contributed by atoms with E-state index >= 15 is 0 Å². The SMILES string of the molecule is CC=Cc1cc(OC)c2[nH]c(C(=O)O)cc(=O)c2c1. The Hall–Kier alpha value is -2.56. The van der Waals surface area contributed by atoms with Crippen molar-refractivity contribution in [3.8, 4) is 5.75 Å². The van der Waals surface area contributed by atoms with Gasteiger partial charge in [-0.15, -0.1) is 0 Å². The summed E-state index contributed by atoms with van der Waals surface area (Å²) in [6, 6.07) is 4.51. The number of fused-ring (bicyclic) bond motifs is 1. The maximum Gasteiger partial charge on any atom is 0.352 e. The largest absolute Gasteiger partial charge is 0.495 e. The molecule has 5 nitrogen and oxygen atoms in total. The summed E-state index contributed by atoms with van der Waals surface area (Å²) in [5.74, 6) is -0.746. The predicted octanol–water partition coefficient (Wildman–Crippen LogP) is 2.27. The second-order valence-corrected chi connectivity index (χ2v) is 4.00. The van der Waals surface area contributed by atoms with Crippen molar-refractivity contribution >= 4 is 22.9 Å². The van der Waals surface area contributed by atoms with Crippen LogP contribution in [0, 0.1) is 0 Å². The van der Waals surface area contributed by atoms with E-state index in [0.717, 1.165) is 11.6 Å². The van der Waals surface area contributed by atoms with Crippen LogP contribution in [0.4, 0.5) is 0 Å². The molecule has 0 spiro atoms. The second-order valence-electron chi connectivity index (χ2n) is 4.00. The van der Waals surface area contributed by atoms with Gasteiger partial charge in [-0.05, 0) is 24.6 Å². The fourth-order valence-corrected chi connectivity index (χ4v) is 1.90. The molecule has 98 valence electrons. The van der Waals surface area contributed by atoms with Gasteiger partial charge >= 0.3 is 5.97 Å². The third kappa shape index (κ3) is 2.35. The first-order valence-electron chi connectivity index (χ1n) is 5.68. The van der Waals surface area contributed by atoms with Crippen LogP contribution in [0.5, 0.6) is 5.75 Å². The Balaban J connectivity index is 2.86. The molecule has 0 aliphatic rings. The number of carboxylic acid groups (broad SMARTS) is 1. The van der Waals surface area contributed by atoms with Crippen LogP contribution in [0.25, 0.3) is 17.0 Å². The molecule has 0 saturated carbocycles. The van der Waals surface area contributed by atoms with Gasteiger partial charge < -0.3 is 14.8 Å². The number of methoxy groups -OCH3 is 1. The van der Waals surface area contributed by atoms with Crippen molar-refractivity contribution in [3.63, 3.8) is 0 Å². The van der Waals surface area contributed by atoms with Gasteiger partial charge in [0.25, 0.3) is 0 Å². The van der Waals surface area contributed by atoms with Crippen molar-refractivity contribution in [2.75, 3.05) is 7.11 Å². The van der Waals surface area contributed by atoms with Crippen LogP contribution in [0.15, 0.2) is 29.1 Å². The Morgan fingerprint density at radius 3 is 2.68 bits per heavy atom. The van der Waals surface area contributed by atoms with Crippen molar-refractivity contribution in [1.29, 1.82) is 0 Å². The first-order valence-corrected chi connectivity index (χ1v) is 5.68. The number of carbonyl (C=O) groups is 1. The fraction of sp³-hybridized carbons (Fsp3) is 0.143. The number of hydrogen-bond acceptors (Lipinski definition) is 3. The molecule has 0 unspecified atom stereocenters. The van der Waals surface area contributed by atoms with Gasteiger partial charge in [-0.25, -0.2) is 4.79 Å². The number of carboxylic acids is 1. The molecular weight excluding hydrogens is 246 g/mol. The highest BCUT2D eigenvalue weighted by Gasteiger charge is 2.12. The van der Waals surface area contributed by atoms with Crippen molar-refractivity contribution in [1.82, 2.24) is 4.98 Å². The van der Waals surface area contributed by atoms with Gasteiger partial charge in [-0.3, -0.25) is 4.79 Å². The summed E-state index contributed by atoms with van der Waals surface area (Å²) in [4.78, 5) is 25.6. The van der Waals surface area contributed by atoms with Gasteiger partial charge in [0.1, 0.15) is 11.4 Å². The highest BCUT2D eigenvalue weighted by atomic mass is 16.5. The van der Waals surface area contributed by atoms with Crippen molar-refractivity contribution in [2.45, 2.75) is 6.92 Å². The first-order chi connectivity index (χ1) is 9.06. The van der Waals surface area contributed by atoms with E-state index in [1.54, 1.807) is 12.1 Å². The lowest BCUT2D eigenvalue weighted by molar-refractivity contribution is 0.0691. The Morgan fingerprint density at radius 2 is 2.11 bits per heavy atom. The molecule has 0 atom stereocenters. The number of aromatic carboxylic acids is 1. The molecule has 2 rings (SSSR count). The van der Waals surface area contributed by atoms with Crippen molar-refractivity contribution < 1.29 is 14.6 Å². The summed E-state index contributed by atoms with van der Waals surface area (Å²) in [6.07, 6.45) is 3.69. The van der Waals surface area contributed by atoms with Crippen LogP contribution >= 0.6 is 0 Å². The molecule has 0 bridgehead atoms. The maximum absolute atomic E-state index is 12.0. The van der Waals surface area contributed by atoms with Crippen LogP contribution in [0.3, 0.4) is 0 Å². The summed E-state index contributed by atoms with van der Waals surface area (Å²) in [7, 11) is 1.47. The molecule has 2 N–H and O–H groups in total. The van der Waals surface area contributed by atoms with Gasteiger partial charge in [0.2, 0.25) is 0 Å². The minimum Gasteiger partial charge on any atom is -0.495 e. The predicted molar refractivity (Wildman–Crippen MR) is 72.8 cm³/mol. The van der Waals surface area contributed by atoms with Gasteiger partial charge in [-0.2, -0.15) is 0 Å². The highest BCUT2D eigenvalue weighted by Crippen LogP contribution is 2.24. The van der Waals surface area contributed by atoms with Crippen molar-refractivity contribution in [2.24, 2.45) is 0 Å². The first kappa shape index (κ1) is 12.9. The molecular formula is C14H13NO4. The van der Waals surface area contributed by atoms with Gasteiger partial charge in [0, 0.05) is 11.5 Å². The summed E-state index contributed by atoms with van der Waals surface area (Å²) in [5.41, 5.74) is 0.700. The van der Waals surface area contributed by atoms with Gasteiger partial charge in [-0.1, -0.05) is 12.2 Å². The Labute approximate surface area is 109 Å². The van der Waals surface area contributed by atoms with Crippen LogP contribution in [0.2, 0.25) is 0 Å². The highest BCUT2D eigenvalue weighted by molar-refractivity contribution is 5.92. The molecule has 0 aliphatic heterocycles. The number of benzene rings is 1. The summed E-state index contributed by atoms with van der Waals surface area (Å²) >= 11 is 0. The van der Waals surface area contributed by atoms with E-state index in [1.165, 1.54) is 7.11 Å². The van der Waals surface area contributed by atoms with E-state index in [1.807, 2.05) is 19.1 Å². The maximum atomic E-state index is 12.0. The van der Waals surface area contributed by atoms with E-state index in [9.17, 15) is 9.59 Å². The van der Waals surface area contributed by atoms with Crippen molar-refractivity contribution in [3.05, 3.63) is 45.8 Å². The summed E-state index contributed by atoms with van der Waals surface area (Å²) in [5, 5.41) is 9.35. The lowest BCUT2D eigenvalue weighted by Gasteiger charge is -2.08. The standard InChI is InChI=1S/C14H13NO4/c1-3-4-8-5-9-11(16)7-10(14(17)18)15-13(9)12(6-8)19-2/h3-7H,1-2H3,(H,15,16)(H,17,18). The second kappa shape index (κ2) is 4.97. The topological polar surface area (TPSA) is 79.4 Å². The van der Waals surface area contributed by atoms with E-state index in [0.29, 0.717) is 16.7 Å². The zero-order valence-electron chi connectivity index (χ0n) is 10.6. The number of rotatable bonds is 3. The molecule has 0 fully saturated rings. The number of hydrogen-bond donors (Lipinski definition) is 2. The fourth-order valence-electron chi connectivity index (χ4n) is 1.90. The summed E-state index contributed by atoms with van der Waals surface area (Å²) < 4.78 is 5.21. The molecule has 0 amide bonds. The molecule has 1 aromatic carbocycles. The van der Waals surface area contributed by atoms with E-state index in [-0.39, 0.29) is 11.1 Å². The molecule has 19 heavy (non-hydrogen) atoms. The zero-order valence-corrected chi connectivity index (χ0v) is 10.6. The molecule has 0 saturated heterocycles. The van der Waals surface area contributed by atoms with Crippen LogP contribution in [-0.2, 0) is 0 Å². The number of aromatic nitrogens is 1. The summed E-state index contributed by atoms with van der Waals surface area (Å²) in [6.45, 7) is 1.87. The smallest absolute Gasteiger partial charge is 0.352 e.